The molecular formula is C22H29N5O2. The van der Waals surface area contributed by atoms with Crippen LogP contribution in [0.3, 0.4) is 0 Å². The lowest BCUT2D eigenvalue weighted by molar-refractivity contribution is 0.179. The van der Waals surface area contributed by atoms with Crippen LogP contribution in [0, 0.1) is 0 Å². The van der Waals surface area contributed by atoms with E-state index in [0.717, 1.165) is 48.3 Å². The lowest BCUT2D eigenvalue weighted by atomic mass is 9.94. The van der Waals surface area contributed by atoms with Crippen molar-refractivity contribution in [3.05, 3.63) is 47.4 Å². The molecule has 29 heavy (non-hydrogen) atoms. The van der Waals surface area contributed by atoms with Gasteiger partial charge in [0, 0.05) is 48.0 Å². The standard InChI is InChI=1S/C22H29N5O2/c1-4-6-10-23-22(28)27-11-9-17-18-12-16(29-3)7-8-19(18)25-20(17)21(27)15-13-24-26(5-2)14-15/h7-8,12-14,21,25H,4-6,9-11H2,1-3H3,(H,23,28)/t21-/m1/s1. The quantitative estimate of drug-likeness (QED) is 0.623. The van der Waals surface area contributed by atoms with Gasteiger partial charge in [0.15, 0.2) is 0 Å². The minimum absolute atomic E-state index is 0.0189. The number of benzene rings is 1. The van der Waals surface area contributed by atoms with Gasteiger partial charge in [-0.25, -0.2) is 4.79 Å². The molecule has 0 aliphatic carbocycles. The van der Waals surface area contributed by atoms with E-state index in [1.807, 2.05) is 34.1 Å². The first-order valence-electron chi connectivity index (χ1n) is 10.4. The normalized spacial score (nSPS) is 16.1. The molecule has 2 amide bonds. The summed E-state index contributed by atoms with van der Waals surface area (Å²) in [7, 11) is 1.69. The number of hydrogen-bond donors (Lipinski definition) is 2. The Morgan fingerprint density at radius 3 is 2.97 bits per heavy atom. The van der Waals surface area contributed by atoms with Gasteiger partial charge in [-0.1, -0.05) is 13.3 Å². The number of nitrogens with zero attached hydrogens (tertiary/aromatic N) is 3. The predicted octanol–water partition coefficient (Wildman–Crippen LogP) is 3.85. The third kappa shape index (κ3) is 3.57. The number of aromatic amines is 1. The Morgan fingerprint density at radius 1 is 1.38 bits per heavy atom. The first kappa shape index (κ1) is 19.4. The van der Waals surface area contributed by atoms with Crippen molar-refractivity contribution in [3.63, 3.8) is 0 Å². The molecule has 0 bridgehead atoms. The summed E-state index contributed by atoms with van der Waals surface area (Å²) in [6.45, 7) is 6.35. The minimum Gasteiger partial charge on any atom is -0.497 e. The van der Waals surface area contributed by atoms with Crippen LogP contribution in [0.5, 0.6) is 5.75 Å². The van der Waals surface area contributed by atoms with Crippen LogP contribution in [0.1, 0.15) is 49.6 Å². The second-order valence-corrected chi connectivity index (χ2v) is 7.49. The van der Waals surface area contributed by atoms with Crippen molar-refractivity contribution in [2.45, 2.75) is 45.7 Å². The average Bonchev–Trinajstić information content (AvgIpc) is 3.37. The summed E-state index contributed by atoms with van der Waals surface area (Å²) in [5.41, 5.74) is 4.42. The fourth-order valence-corrected chi connectivity index (χ4v) is 4.13. The Balaban J connectivity index is 1.77. The maximum Gasteiger partial charge on any atom is 0.318 e. The highest BCUT2D eigenvalue weighted by atomic mass is 16.5. The first-order chi connectivity index (χ1) is 14.2. The van der Waals surface area contributed by atoms with Crippen molar-refractivity contribution >= 4 is 16.9 Å². The molecule has 2 N–H and O–H groups in total. The largest absolute Gasteiger partial charge is 0.497 e. The number of nitrogens with one attached hydrogen (secondary N) is 2. The number of hydrogen-bond acceptors (Lipinski definition) is 3. The molecule has 1 aliphatic heterocycles. The van der Waals surface area contributed by atoms with Crippen LogP contribution in [0.2, 0.25) is 0 Å². The third-order valence-electron chi connectivity index (χ3n) is 5.69. The zero-order chi connectivity index (χ0) is 20.4. The minimum atomic E-state index is -0.181. The zero-order valence-electron chi connectivity index (χ0n) is 17.4. The molecule has 0 saturated heterocycles. The molecule has 1 atom stereocenters. The van der Waals surface area contributed by atoms with Crippen LogP contribution in [-0.2, 0) is 13.0 Å². The van der Waals surface area contributed by atoms with Crippen molar-refractivity contribution in [2.24, 2.45) is 0 Å². The van der Waals surface area contributed by atoms with E-state index in [1.54, 1.807) is 7.11 Å². The zero-order valence-corrected chi connectivity index (χ0v) is 17.4. The van der Waals surface area contributed by atoms with Gasteiger partial charge in [0.1, 0.15) is 11.8 Å². The molecule has 0 spiro atoms. The molecule has 154 valence electrons. The Bertz CT molecular complexity index is 1010. The molecule has 2 aromatic heterocycles. The second-order valence-electron chi connectivity index (χ2n) is 7.49. The number of fused-ring (bicyclic) bond motifs is 3. The van der Waals surface area contributed by atoms with Crippen LogP contribution < -0.4 is 10.1 Å². The van der Waals surface area contributed by atoms with Crippen LogP contribution in [0.4, 0.5) is 4.79 Å². The summed E-state index contributed by atoms with van der Waals surface area (Å²) in [5.74, 6) is 0.842. The molecule has 0 fully saturated rings. The van der Waals surface area contributed by atoms with Gasteiger partial charge in [0.2, 0.25) is 0 Å². The van der Waals surface area contributed by atoms with E-state index in [1.165, 1.54) is 10.9 Å². The Kier molecular flexibility index (Phi) is 5.47. The summed E-state index contributed by atoms with van der Waals surface area (Å²) in [6.07, 6.45) is 6.76. The highest BCUT2D eigenvalue weighted by Gasteiger charge is 2.35. The molecule has 0 unspecified atom stereocenters. The summed E-state index contributed by atoms with van der Waals surface area (Å²) in [5, 5.41) is 8.71. The number of H-pyrrole nitrogens is 1. The smallest absolute Gasteiger partial charge is 0.318 e. The van der Waals surface area contributed by atoms with Gasteiger partial charge in [-0.3, -0.25) is 4.68 Å². The summed E-state index contributed by atoms with van der Waals surface area (Å²) < 4.78 is 7.33. The number of aromatic nitrogens is 3. The van der Waals surface area contributed by atoms with Crippen molar-refractivity contribution in [2.75, 3.05) is 20.2 Å². The summed E-state index contributed by atoms with van der Waals surface area (Å²) >= 11 is 0. The van der Waals surface area contributed by atoms with Gasteiger partial charge < -0.3 is 19.9 Å². The Labute approximate surface area is 171 Å². The fraction of sp³-hybridized carbons (Fsp3) is 0.455. The monoisotopic (exact) mass is 395 g/mol. The van der Waals surface area contributed by atoms with Gasteiger partial charge in [-0.15, -0.1) is 0 Å². The number of carbonyl (C=O) groups is 1. The number of amides is 2. The Hall–Kier alpha value is -2.96. The maximum absolute atomic E-state index is 13.0. The number of carbonyl (C=O) groups excluding carboxylic acids is 1. The van der Waals surface area contributed by atoms with E-state index in [2.05, 4.69) is 35.3 Å². The fourth-order valence-electron chi connectivity index (χ4n) is 4.13. The van der Waals surface area contributed by atoms with Crippen LogP contribution in [0.15, 0.2) is 30.6 Å². The molecule has 0 radical (unpaired) electrons. The van der Waals surface area contributed by atoms with E-state index >= 15 is 0 Å². The van der Waals surface area contributed by atoms with E-state index in [9.17, 15) is 4.79 Å². The van der Waals surface area contributed by atoms with Gasteiger partial charge in [0.25, 0.3) is 0 Å². The van der Waals surface area contributed by atoms with Crippen molar-refractivity contribution in [1.29, 1.82) is 0 Å². The molecule has 1 aromatic carbocycles. The molecule has 4 rings (SSSR count). The topological polar surface area (TPSA) is 75.2 Å². The van der Waals surface area contributed by atoms with Gasteiger partial charge in [-0.2, -0.15) is 5.10 Å². The molecule has 7 nitrogen and oxygen atoms in total. The molecule has 3 heterocycles. The van der Waals surface area contributed by atoms with Crippen LogP contribution in [0.25, 0.3) is 10.9 Å². The number of ether oxygens (including phenoxy) is 1. The van der Waals surface area contributed by atoms with Crippen LogP contribution >= 0.6 is 0 Å². The maximum atomic E-state index is 13.0. The third-order valence-corrected chi connectivity index (χ3v) is 5.69. The highest BCUT2D eigenvalue weighted by molar-refractivity contribution is 5.87. The SMILES string of the molecule is CCCCNC(=O)N1CCc2c([nH]c3ccc(OC)cc23)[C@H]1c1cnn(CC)c1. The van der Waals surface area contributed by atoms with E-state index in [-0.39, 0.29) is 12.1 Å². The average molecular weight is 396 g/mol. The van der Waals surface area contributed by atoms with Crippen molar-refractivity contribution in [3.8, 4) is 5.75 Å². The van der Waals surface area contributed by atoms with Crippen molar-refractivity contribution in [1.82, 2.24) is 25.0 Å². The highest BCUT2D eigenvalue weighted by Crippen LogP contribution is 2.39. The number of methoxy groups -OCH3 is 1. The summed E-state index contributed by atoms with van der Waals surface area (Å²) in [4.78, 5) is 18.5. The first-order valence-corrected chi connectivity index (χ1v) is 10.4. The van der Waals surface area contributed by atoms with E-state index in [0.29, 0.717) is 13.1 Å². The van der Waals surface area contributed by atoms with Crippen LogP contribution in [-0.4, -0.2) is 45.9 Å². The lowest BCUT2D eigenvalue weighted by Gasteiger charge is -2.35. The van der Waals surface area contributed by atoms with Gasteiger partial charge in [0.05, 0.1) is 13.3 Å². The summed E-state index contributed by atoms with van der Waals surface area (Å²) in [6, 6.07) is 5.89. The predicted molar refractivity (Wildman–Crippen MR) is 113 cm³/mol. The molecular weight excluding hydrogens is 366 g/mol. The Morgan fingerprint density at radius 2 is 2.24 bits per heavy atom. The van der Waals surface area contributed by atoms with Gasteiger partial charge in [-0.05, 0) is 43.5 Å². The van der Waals surface area contributed by atoms with Gasteiger partial charge >= 0.3 is 6.03 Å². The number of unbranched alkanes of at least 4 members (excludes halogenated alkanes) is 1. The second kappa shape index (κ2) is 8.19. The molecule has 3 aromatic rings. The molecule has 1 aliphatic rings. The van der Waals surface area contributed by atoms with E-state index in [4.69, 9.17) is 4.74 Å². The van der Waals surface area contributed by atoms with E-state index < -0.39 is 0 Å². The molecule has 7 heteroatoms. The number of aryl methyl sites for hydroxylation is 1. The molecule has 0 saturated carbocycles. The number of urea groups is 1. The van der Waals surface area contributed by atoms with Crippen molar-refractivity contribution < 1.29 is 9.53 Å². The lowest BCUT2D eigenvalue weighted by Crippen LogP contribution is -2.46. The number of rotatable bonds is 6.